The summed E-state index contributed by atoms with van der Waals surface area (Å²) in [5.74, 6) is -0.293. The van der Waals surface area contributed by atoms with Gasteiger partial charge >= 0.3 is 5.97 Å². The predicted molar refractivity (Wildman–Crippen MR) is 74.9 cm³/mol. The Morgan fingerprint density at radius 2 is 2.26 bits per heavy atom. The fraction of sp³-hybridized carbons (Fsp3) is 0.929. The normalized spacial score (nSPS) is 22.2. The summed E-state index contributed by atoms with van der Waals surface area (Å²) >= 11 is 0. The summed E-state index contributed by atoms with van der Waals surface area (Å²) in [5.41, 5.74) is 5.80. The molecule has 1 fully saturated rings. The highest BCUT2D eigenvalue weighted by Gasteiger charge is 2.22. The quantitative estimate of drug-likeness (QED) is 0.672. The molecule has 1 aliphatic heterocycles. The zero-order chi connectivity index (χ0) is 14.1. The third-order valence-corrected chi connectivity index (χ3v) is 3.37. The highest BCUT2D eigenvalue weighted by Crippen LogP contribution is 2.14. The van der Waals surface area contributed by atoms with Gasteiger partial charge < -0.3 is 20.1 Å². The molecule has 0 aliphatic carbocycles. The summed E-state index contributed by atoms with van der Waals surface area (Å²) in [7, 11) is 0. The number of nitrogens with zero attached hydrogens (tertiary/aromatic N) is 1. The van der Waals surface area contributed by atoms with E-state index in [1.54, 1.807) is 6.92 Å². The van der Waals surface area contributed by atoms with Crippen LogP contribution in [0.3, 0.4) is 0 Å². The fourth-order valence-corrected chi connectivity index (χ4v) is 2.33. The lowest BCUT2D eigenvalue weighted by Crippen LogP contribution is -2.43. The molecule has 0 radical (unpaired) electrons. The summed E-state index contributed by atoms with van der Waals surface area (Å²) in [6.45, 7) is 8.01. The second-order valence-electron chi connectivity index (χ2n) is 5.08. The second-order valence-corrected chi connectivity index (χ2v) is 5.08. The van der Waals surface area contributed by atoms with Gasteiger partial charge in [0.15, 0.2) is 0 Å². The maximum Gasteiger partial charge on any atom is 0.322 e. The van der Waals surface area contributed by atoms with Crippen LogP contribution >= 0.6 is 0 Å². The standard InChI is InChI=1S/C14H28N2O3/c1-3-10-19-12-6-5-8-16(11-12)9-7-13(15)14(17)18-4-2/h12-13H,3-11,15H2,1-2H3. The van der Waals surface area contributed by atoms with Crippen molar-refractivity contribution in [3.8, 4) is 0 Å². The third-order valence-electron chi connectivity index (χ3n) is 3.37. The molecule has 0 spiro atoms. The Hall–Kier alpha value is -0.650. The van der Waals surface area contributed by atoms with Crippen molar-refractivity contribution in [2.24, 2.45) is 5.73 Å². The van der Waals surface area contributed by atoms with E-state index in [1.165, 1.54) is 0 Å². The van der Waals surface area contributed by atoms with Gasteiger partial charge in [-0.15, -0.1) is 0 Å². The van der Waals surface area contributed by atoms with Crippen LogP contribution in [-0.2, 0) is 14.3 Å². The molecular formula is C14H28N2O3. The average molecular weight is 272 g/mol. The van der Waals surface area contributed by atoms with Gasteiger partial charge in [0.2, 0.25) is 0 Å². The lowest BCUT2D eigenvalue weighted by Gasteiger charge is -2.33. The Labute approximate surface area is 116 Å². The molecule has 112 valence electrons. The van der Waals surface area contributed by atoms with Crippen LogP contribution in [0.5, 0.6) is 0 Å². The molecule has 0 amide bonds. The van der Waals surface area contributed by atoms with Crippen LogP contribution < -0.4 is 5.73 Å². The molecule has 0 aromatic heterocycles. The van der Waals surface area contributed by atoms with Crippen LogP contribution in [0.1, 0.15) is 39.5 Å². The number of carbonyl (C=O) groups excluding carboxylic acids is 1. The Morgan fingerprint density at radius 1 is 1.47 bits per heavy atom. The van der Waals surface area contributed by atoms with Crippen molar-refractivity contribution in [2.75, 3.05) is 32.8 Å². The van der Waals surface area contributed by atoms with Gasteiger partial charge in [0, 0.05) is 19.7 Å². The second kappa shape index (κ2) is 9.28. The molecule has 5 nitrogen and oxygen atoms in total. The van der Waals surface area contributed by atoms with E-state index in [2.05, 4.69) is 11.8 Å². The Balaban J connectivity index is 2.22. The van der Waals surface area contributed by atoms with Gasteiger partial charge in [-0.2, -0.15) is 0 Å². The first-order valence-corrected chi connectivity index (χ1v) is 7.43. The largest absolute Gasteiger partial charge is 0.465 e. The van der Waals surface area contributed by atoms with E-state index in [-0.39, 0.29) is 5.97 Å². The van der Waals surface area contributed by atoms with Crippen molar-refractivity contribution < 1.29 is 14.3 Å². The minimum atomic E-state index is -0.503. The van der Waals surface area contributed by atoms with Crippen LogP contribution in [0.2, 0.25) is 0 Å². The highest BCUT2D eigenvalue weighted by molar-refractivity contribution is 5.75. The molecule has 0 bridgehead atoms. The van der Waals surface area contributed by atoms with Crippen LogP contribution in [-0.4, -0.2) is 55.9 Å². The van der Waals surface area contributed by atoms with E-state index in [1.807, 2.05) is 0 Å². The zero-order valence-electron chi connectivity index (χ0n) is 12.3. The molecule has 1 saturated heterocycles. The Bertz CT molecular complexity index is 261. The fourth-order valence-electron chi connectivity index (χ4n) is 2.33. The van der Waals surface area contributed by atoms with Crippen molar-refractivity contribution in [3.05, 3.63) is 0 Å². The van der Waals surface area contributed by atoms with Crippen molar-refractivity contribution in [2.45, 2.75) is 51.7 Å². The number of ether oxygens (including phenoxy) is 2. The van der Waals surface area contributed by atoms with Crippen molar-refractivity contribution >= 4 is 5.97 Å². The van der Waals surface area contributed by atoms with Gasteiger partial charge in [0.05, 0.1) is 12.7 Å². The zero-order valence-corrected chi connectivity index (χ0v) is 12.3. The number of esters is 1. The number of likely N-dealkylation sites (tertiary alicyclic amines) is 1. The van der Waals surface area contributed by atoms with Gasteiger partial charge in [-0.3, -0.25) is 4.79 Å². The smallest absolute Gasteiger partial charge is 0.322 e. The van der Waals surface area contributed by atoms with Crippen molar-refractivity contribution in [3.63, 3.8) is 0 Å². The molecule has 0 aromatic rings. The van der Waals surface area contributed by atoms with Crippen molar-refractivity contribution in [1.82, 2.24) is 4.90 Å². The van der Waals surface area contributed by atoms with E-state index < -0.39 is 6.04 Å². The predicted octanol–water partition coefficient (Wildman–Crippen LogP) is 1.16. The molecule has 5 heteroatoms. The molecular weight excluding hydrogens is 244 g/mol. The Kier molecular flexibility index (Phi) is 8.02. The first-order chi connectivity index (χ1) is 9.17. The molecule has 0 saturated carbocycles. The van der Waals surface area contributed by atoms with E-state index in [9.17, 15) is 4.79 Å². The molecule has 2 unspecified atom stereocenters. The molecule has 2 N–H and O–H groups in total. The molecule has 1 heterocycles. The molecule has 2 atom stereocenters. The number of nitrogens with two attached hydrogens (primary N) is 1. The lowest BCUT2D eigenvalue weighted by atomic mass is 10.1. The number of hydrogen-bond donors (Lipinski definition) is 1. The summed E-state index contributed by atoms with van der Waals surface area (Å²) in [5, 5.41) is 0. The maximum absolute atomic E-state index is 11.4. The first kappa shape index (κ1) is 16.4. The molecule has 19 heavy (non-hydrogen) atoms. The van der Waals surface area contributed by atoms with Crippen LogP contribution in [0.25, 0.3) is 0 Å². The highest BCUT2D eigenvalue weighted by atomic mass is 16.5. The van der Waals surface area contributed by atoms with Crippen LogP contribution in [0.15, 0.2) is 0 Å². The topological polar surface area (TPSA) is 64.8 Å². The van der Waals surface area contributed by atoms with E-state index in [4.69, 9.17) is 15.2 Å². The minimum Gasteiger partial charge on any atom is -0.465 e. The Morgan fingerprint density at radius 3 is 2.95 bits per heavy atom. The SMILES string of the molecule is CCCOC1CCCN(CCC(N)C(=O)OCC)C1. The van der Waals surface area contributed by atoms with Gasteiger partial charge in [0.25, 0.3) is 0 Å². The monoisotopic (exact) mass is 272 g/mol. The number of rotatable bonds is 8. The lowest BCUT2D eigenvalue weighted by molar-refractivity contribution is -0.144. The molecule has 1 rings (SSSR count). The van der Waals surface area contributed by atoms with E-state index in [0.717, 1.165) is 45.5 Å². The summed E-state index contributed by atoms with van der Waals surface area (Å²) in [4.78, 5) is 13.8. The average Bonchev–Trinajstić information content (AvgIpc) is 2.43. The summed E-state index contributed by atoms with van der Waals surface area (Å²) < 4.78 is 10.7. The first-order valence-electron chi connectivity index (χ1n) is 7.43. The molecule has 1 aliphatic rings. The maximum atomic E-state index is 11.4. The number of piperidine rings is 1. The minimum absolute atomic E-state index is 0.293. The van der Waals surface area contributed by atoms with E-state index in [0.29, 0.717) is 19.1 Å². The number of carbonyl (C=O) groups is 1. The van der Waals surface area contributed by atoms with Crippen LogP contribution in [0, 0.1) is 0 Å². The van der Waals surface area contributed by atoms with Crippen LogP contribution in [0.4, 0.5) is 0 Å². The molecule has 0 aromatic carbocycles. The number of hydrogen-bond acceptors (Lipinski definition) is 5. The summed E-state index contributed by atoms with van der Waals surface area (Å²) in [6, 6.07) is -0.503. The van der Waals surface area contributed by atoms with Gasteiger partial charge in [-0.1, -0.05) is 6.92 Å². The van der Waals surface area contributed by atoms with Gasteiger partial charge in [-0.25, -0.2) is 0 Å². The summed E-state index contributed by atoms with van der Waals surface area (Å²) in [6.07, 6.45) is 4.35. The van der Waals surface area contributed by atoms with Crippen molar-refractivity contribution in [1.29, 1.82) is 0 Å². The van der Waals surface area contributed by atoms with E-state index >= 15 is 0 Å². The third kappa shape index (κ3) is 6.36. The van der Waals surface area contributed by atoms with Gasteiger partial charge in [0.1, 0.15) is 6.04 Å². The van der Waals surface area contributed by atoms with Gasteiger partial charge in [-0.05, 0) is 39.2 Å².